The van der Waals surface area contributed by atoms with Crippen molar-refractivity contribution in [2.75, 3.05) is 38.2 Å². The number of carbonyl (C=O) groups excluding carboxylic acids is 1. The highest BCUT2D eigenvalue weighted by Gasteiger charge is 2.34. The van der Waals surface area contributed by atoms with E-state index < -0.39 is 34.2 Å². The Balaban J connectivity index is 2.08. The van der Waals surface area contributed by atoms with Crippen LogP contribution in [0.15, 0.2) is 47.4 Å². The van der Waals surface area contributed by atoms with Crippen LogP contribution in [0.3, 0.4) is 0 Å². The Morgan fingerprint density at radius 1 is 1.03 bits per heavy atom. The summed E-state index contributed by atoms with van der Waals surface area (Å²) in [5.41, 5.74) is -1.28. The highest BCUT2D eigenvalue weighted by Crippen LogP contribution is 2.35. The molecule has 174 valence electrons. The Hall–Kier alpha value is -2.95. The van der Waals surface area contributed by atoms with E-state index in [9.17, 15) is 26.4 Å². The lowest BCUT2D eigenvalue weighted by atomic mass is 10.2. The number of amides is 1. The number of rotatable bonds is 7. The molecule has 2 aromatic rings. The Kier molecular flexibility index (Phi) is 6.87. The number of hydrogen-bond acceptors (Lipinski definition) is 5. The highest BCUT2D eigenvalue weighted by atomic mass is 32.2. The topological polar surface area (TPSA) is 76.2 Å². The Morgan fingerprint density at radius 3 is 2.28 bits per heavy atom. The van der Waals surface area contributed by atoms with Crippen LogP contribution >= 0.6 is 0 Å². The van der Waals surface area contributed by atoms with E-state index in [-0.39, 0.29) is 22.1 Å². The van der Waals surface area contributed by atoms with E-state index in [1.54, 1.807) is 0 Å². The first kappa shape index (κ1) is 23.7. The molecule has 0 unspecified atom stereocenters. The average Bonchev–Trinajstić information content (AvgIpc) is 3.31. The minimum Gasteiger partial charge on any atom is -0.493 e. The Bertz CT molecular complexity index is 1080. The molecule has 11 heteroatoms. The molecule has 0 spiro atoms. The van der Waals surface area contributed by atoms with Gasteiger partial charge in [-0.1, -0.05) is 6.07 Å². The molecule has 1 heterocycles. The summed E-state index contributed by atoms with van der Waals surface area (Å²) in [6, 6.07) is 7.72. The molecule has 0 aromatic heterocycles. The van der Waals surface area contributed by atoms with E-state index in [1.165, 1.54) is 43.4 Å². The van der Waals surface area contributed by atoms with Crippen LogP contribution in [-0.2, 0) is 21.0 Å². The third-order valence-corrected chi connectivity index (χ3v) is 6.91. The SMILES string of the molecule is COc1ccc(S(=O)(=O)N(CC(=O)N2CCCC2)c2cccc(C(F)(F)F)c2)cc1OC. The summed E-state index contributed by atoms with van der Waals surface area (Å²) in [5.74, 6) is -0.0717. The van der Waals surface area contributed by atoms with Crippen molar-refractivity contribution >= 4 is 21.6 Å². The first-order valence-electron chi connectivity index (χ1n) is 9.77. The van der Waals surface area contributed by atoms with E-state index in [2.05, 4.69) is 0 Å². The summed E-state index contributed by atoms with van der Waals surface area (Å²) in [7, 11) is -1.70. The van der Waals surface area contributed by atoms with Crippen molar-refractivity contribution in [3.05, 3.63) is 48.0 Å². The van der Waals surface area contributed by atoms with E-state index in [1.807, 2.05) is 0 Å². The van der Waals surface area contributed by atoms with Gasteiger partial charge in [-0.2, -0.15) is 13.2 Å². The first-order valence-corrected chi connectivity index (χ1v) is 11.2. The molecule has 1 saturated heterocycles. The molecule has 0 radical (unpaired) electrons. The van der Waals surface area contributed by atoms with Gasteiger partial charge < -0.3 is 14.4 Å². The minimum atomic E-state index is -4.67. The number of ether oxygens (including phenoxy) is 2. The molecule has 0 N–H and O–H groups in total. The number of carbonyl (C=O) groups is 1. The van der Waals surface area contributed by atoms with Crippen LogP contribution in [0.2, 0.25) is 0 Å². The summed E-state index contributed by atoms with van der Waals surface area (Å²) in [4.78, 5) is 14.0. The quantitative estimate of drug-likeness (QED) is 0.616. The molecule has 0 bridgehead atoms. The molecule has 0 saturated carbocycles. The number of nitrogens with zero attached hydrogens (tertiary/aromatic N) is 2. The monoisotopic (exact) mass is 472 g/mol. The van der Waals surface area contributed by atoms with Crippen LogP contribution in [0.4, 0.5) is 18.9 Å². The van der Waals surface area contributed by atoms with Crippen molar-refractivity contribution in [3.8, 4) is 11.5 Å². The fourth-order valence-electron chi connectivity index (χ4n) is 3.45. The molecule has 3 rings (SSSR count). The lowest BCUT2D eigenvalue weighted by Crippen LogP contribution is -2.42. The van der Waals surface area contributed by atoms with Crippen LogP contribution in [0, 0.1) is 0 Å². The van der Waals surface area contributed by atoms with E-state index in [4.69, 9.17) is 9.47 Å². The third kappa shape index (κ3) is 4.93. The van der Waals surface area contributed by atoms with Gasteiger partial charge in [0.25, 0.3) is 10.0 Å². The van der Waals surface area contributed by atoms with Gasteiger partial charge in [0.15, 0.2) is 11.5 Å². The number of hydrogen-bond donors (Lipinski definition) is 0. The van der Waals surface area contributed by atoms with Crippen molar-refractivity contribution < 1.29 is 35.9 Å². The molecule has 1 aliphatic heterocycles. The summed E-state index contributed by atoms with van der Waals surface area (Å²) in [5, 5.41) is 0. The largest absolute Gasteiger partial charge is 0.493 e. The highest BCUT2D eigenvalue weighted by molar-refractivity contribution is 7.92. The Morgan fingerprint density at radius 2 is 1.69 bits per heavy atom. The number of alkyl halides is 3. The van der Waals surface area contributed by atoms with Crippen molar-refractivity contribution in [1.82, 2.24) is 4.90 Å². The number of benzene rings is 2. The number of methoxy groups -OCH3 is 2. The van der Waals surface area contributed by atoms with Crippen LogP contribution in [0.1, 0.15) is 18.4 Å². The third-order valence-electron chi connectivity index (χ3n) is 5.14. The summed E-state index contributed by atoms with van der Waals surface area (Å²) in [6.45, 7) is 0.329. The molecule has 1 aliphatic rings. The van der Waals surface area contributed by atoms with Gasteiger partial charge in [0.2, 0.25) is 5.91 Å². The molecule has 32 heavy (non-hydrogen) atoms. The molecule has 2 aromatic carbocycles. The van der Waals surface area contributed by atoms with Gasteiger partial charge in [-0.3, -0.25) is 9.10 Å². The van der Waals surface area contributed by atoms with Crippen LogP contribution in [0.25, 0.3) is 0 Å². The smallest absolute Gasteiger partial charge is 0.416 e. The molecule has 1 amide bonds. The summed E-state index contributed by atoms with van der Waals surface area (Å²) in [6.07, 6.45) is -3.09. The number of halogens is 3. The molecular formula is C21H23F3N2O5S. The first-order chi connectivity index (χ1) is 15.1. The van der Waals surface area contributed by atoms with E-state index >= 15 is 0 Å². The molecule has 0 atom stereocenters. The predicted molar refractivity (Wildman–Crippen MR) is 111 cm³/mol. The molecule has 1 fully saturated rings. The van der Waals surface area contributed by atoms with Gasteiger partial charge in [0.05, 0.1) is 30.4 Å². The maximum absolute atomic E-state index is 13.5. The van der Waals surface area contributed by atoms with Crippen LogP contribution < -0.4 is 13.8 Å². The van der Waals surface area contributed by atoms with Crippen molar-refractivity contribution in [2.24, 2.45) is 0 Å². The summed E-state index contributed by atoms with van der Waals surface area (Å²) < 4.78 is 77.7. The zero-order valence-electron chi connectivity index (χ0n) is 17.6. The predicted octanol–water partition coefficient (Wildman–Crippen LogP) is 3.54. The Labute approximate surface area is 184 Å². The lowest BCUT2D eigenvalue weighted by molar-refractivity contribution is -0.137. The van der Waals surface area contributed by atoms with Crippen molar-refractivity contribution in [3.63, 3.8) is 0 Å². The zero-order chi connectivity index (χ0) is 23.5. The minimum absolute atomic E-state index is 0.128. The standard InChI is InChI=1S/C21H23F3N2O5S/c1-30-18-9-8-17(13-19(18)31-2)32(28,29)26(14-20(27)25-10-3-4-11-25)16-7-5-6-15(12-16)21(22,23)24/h5-9,12-13H,3-4,10-11,14H2,1-2H3. The van der Waals surface area contributed by atoms with Gasteiger partial charge in [0.1, 0.15) is 6.54 Å². The van der Waals surface area contributed by atoms with E-state index in [0.717, 1.165) is 31.0 Å². The second-order valence-corrected chi connectivity index (χ2v) is 9.03. The van der Waals surface area contributed by atoms with Gasteiger partial charge in [-0.05, 0) is 43.2 Å². The maximum atomic E-state index is 13.5. The lowest BCUT2D eigenvalue weighted by Gasteiger charge is -2.27. The van der Waals surface area contributed by atoms with Gasteiger partial charge >= 0.3 is 6.18 Å². The maximum Gasteiger partial charge on any atom is 0.416 e. The fourth-order valence-corrected chi connectivity index (χ4v) is 4.87. The van der Waals surface area contributed by atoms with Crippen LogP contribution in [0.5, 0.6) is 11.5 Å². The average molecular weight is 472 g/mol. The molecule has 0 aliphatic carbocycles. The molecule has 7 nitrogen and oxygen atoms in total. The normalized spacial score (nSPS) is 14.3. The molecular weight excluding hydrogens is 449 g/mol. The number of likely N-dealkylation sites (tertiary alicyclic amines) is 1. The van der Waals surface area contributed by atoms with Crippen molar-refractivity contribution in [1.29, 1.82) is 0 Å². The number of anilines is 1. The fraction of sp³-hybridized carbons (Fsp3) is 0.381. The second-order valence-electron chi connectivity index (χ2n) is 7.16. The van der Waals surface area contributed by atoms with Gasteiger partial charge in [-0.15, -0.1) is 0 Å². The second kappa shape index (κ2) is 9.27. The number of sulfonamides is 1. The van der Waals surface area contributed by atoms with Crippen LogP contribution in [-0.4, -0.2) is 53.1 Å². The summed E-state index contributed by atoms with van der Waals surface area (Å²) >= 11 is 0. The zero-order valence-corrected chi connectivity index (χ0v) is 18.4. The van der Waals surface area contributed by atoms with Gasteiger partial charge in [-0.25, -0.2) is 8.42 Å². The van der Waals surface area contributed by atoms with Gasteiger partial charge in [0, 0.05) is 19.2 Å². The van der Waals surface area contributed by atoms with Crippen molar-refractivity contribution in [2.45, 2.75) is 23.9 Å². The van der Waals surface area contributed by atoms with E-state index in [0.29, 0.717) is 17.4 Å².